The van der Waals surface area contributed by atoms with E-state index in [0.717, 1.165) is 30.0 Å². The Hall–Kier alpha value is -3.41. The molecular formula is C25H29FN4O. The van der Waals surface area contributed by atoms with E-state index >= 15 is 0 Å². The van der Waals surface area contributed by atoms with Crippen molar-refractivity contribution in [1.29, 1.82) is 0 Å². The highest BCUT2D eigenvalue weighted by Crippen LogP contribution is 2.27. The first-order valence-electron chi connectivity index (χ1n) is 10.6. The van der Waals surface area contributed by atoms with E-state index in [1.165, 1.54) is 12.1 Å². The van der Waals surface area contributed by atoms with E-state index in [4.69, 9.17) is 4.98 Å². The molecule has 0 aliphatic rings. The molecule has 2 aromatic carbocycles. The number of nitrogens with zero attached hydrogens (tertiary/aromatic N) is 2. The number of carbonyl (C=O) groups excluding carboxylic acids is 1. The largest absolute Gasteiger partial charge is 0.366 e. The van der Waals surface area contributed by atoms with Gasteiger partial charge in [0.15, 0.2) is 5.82 Å². The van der Waals surface area contributed by atoms with Crippen LogP contribution in [0.5, 0.6) is 0 Å². The molecule has 1 aromatic heterocycles. The molecule has 2 N–H and O–H groups in total. The molecule has 0 saturated carbocycles. The van der Waals surface area contributed by atoms with Gasteiger partial charge in [0.25, 0.3) is 0 Å². The first-order chi connectivity index (χ1) is 15.0. The third kappa shape index (κ3) is 5.81. The van der Waals surface area contributed by atoms with Crippen LogP contribution >= 0.6 is 0 Å². The number of halogens is 1. The van der Waals surface area contributed by atoms with Crippen molar-refractivity contribution in [3.63, 3.8) is 0 Å². The lowest BCUT2D eigenvalue weighted by atomic mass is 10.0. The van der Waals surface area contributed by atoms with Gasteiger partial charge in [0, 0.05) is 19.6 Å². The Morgan fingerprint density at radius 1 is 1.00 bits per heavy atom. The summed E-state index contributed by atoms with van der Waals surface area (Å²) in [7, 11) is 0. The van der Waals surface area contributed by atoms with Gasteiger partial charge >= 0.3 is 0 Å². The van der Waals surface area contributed by atoms with E-state index in [1.807, 2.05) is 49.4 Å². The van der Waals surface area contributed by atoms with Crippen molar-refractivity contribution in [2.45, 2.75) is 33.2 Å². The van der Waals surface area contributed by atoms with Gasteiger partial charge in [0.2, 0.25) is 5.91 Å². The number of hydrogen-bond donors (Lipinski definition) is 2. The fourth-order valence-corrected chi connectivity index (χ4v) is 3.34. The summed E-state index contributed by atoms with van der Waals surface area (Å²) in [6.07, 6.45) is 0. The Bertz CT molecular complexity index is 988. The number of amides is 1. The molecule has 3 rings (SSSR count). The first kappa shape index (κ1) is 22.3. The monoisotopic (exact) mass is 420 g/mol. The molecule has 0 radical (unpaired) electrons. The van der Waals surface area contributed by atoms with Gasteiger partial charge in [-0.1, -0.05) is 42.5 Å². The zero-order chi connectivity index (χ0) is 22.2. The third-order valence-corrected chi connectivity index (χ3v) is 5.28. The third-order valence-electron chi connectivity index (χ3n) is 5.28. The second kappa shape index (κ2) is 10.6. The molecule has 0 spiro atoms. The highest BCUT2D eigenvalue weighted by atomic mass is 19.1. The molecule has 6 heteroatoms. The van der Waals surface area contributed by atoms with Gasteiger partial charge in [0.05, 0.1) is 11.6 Å². The molecule has 162 valence electrons. The maximum atomic E-state index is 13.1. The average Bonchev–Trinajstić information content (AvgIpc) is 2.80. The van der Waals surface area contributed by atoms with Crippen LogP contribution in [0.1, 0.15) is 37.8 Å². The number of hydrogen-bond acceptors (Lipinski definition) is 4. The van der Waals surface area contributed by atoms with Gasteiger partial charge in [-0.3, -0.25) is 4.79 Å². The van der Waals surface area contributed by atoms with Crippen LogP contribution in [0.25, 0.3) is 0 Å². The maximum Gasteiger partial charge on any atom is 0.231 e. The molecule has 1 amide bonds. The number of rotatable bonds is 9. The van der Waals surface area contributed by atoms with E-state index in [1.54, 1.807) is 12.1 Å². The number of anilines is 3. The Balaban J connectivity index is 1.78. The molecule has 0 bridgehead atoms. The number of benzene rings is 2. The summed E-state index contributed by atoms with van der Waals surface area (Å²) in [5, 5.41) is 6.33. The Morgan fingerprint density at radius 2 is 1.68 bits per heavy atom. The number of pyridine rings is 1. The van der Waals surface area contributed by atoms with Crippen molar-refractivity contribution in [2.75, 3.05) is 28.6 Å². The molecule has 0 fully saturated rings. The van der Waals surface area contributed by atoms with Crippen LogP contribution in [-0.4, -0.2) is 24.0 Å². The predicted molar refractivity (Wildman–Crippen MR) is 125 cm³/mol. The van der Waals surface area contributed by atoms with Crippen LogP contribution in [0.3, 0.4) is 0 Å². The number of aromatic nitrogens is 1. The van der Waals surface area contributed by atoms with E-state index in [0.29, 0.717) is 18.1 Å². The van der Waals surface area contributed by atoms with Crippen LogP contribution in [0.4, 0.5) is 21.7 Å². The van der Waals surface area contributed by atoms with Crippen LogP contribution in [0.15, 0.2) is 66.7 Å². The first-order valence-corrected chi connectivity index (χ1v) is 10.6. The summed E-state index contributed by atoms with van der Waals surface area (Å²) in [5.41, 5.74) is 2.61. The van der Waals surface area contributed by atoms with Gasteiger partial charge in [-0.05, 0) is 56.2 Å². The summed E-state index contributed by atoms with van der Waals surface area (Å²) >= 11 is 0. The molecule has 0 aliphatic heterocycles. The normalized spacial score (nSPS) is 11.6. The lowest BCUT2D eigenvalue weighted by Gasteiger charge is -2.24. The predicted octanol–water partition coefficient (Wildman–Crippen LogP) is 5.42. The van der Waals surface area contributed by atoms with Gasteiger partial charge in [-0.15, -0.1) is 0 Å². The molecule has 5 nitrogen and oxygen atoms in total. The van der Waals surface area contributed by atoms with Crippen LogP contribution in [0, 0.1) is 5.82 Å². The molecule has 1 atom stereocenters. The topological polar surface area (TPSA) is 57.3 Å². The fourth-order valence-electron chi connectivity index (χ4n) is 3.34. The molecule has 0 unspecified atom stereocenters. The van der Waals surface area contributed by atoms with Gasteiger partial charge in [-0.2, -0.15) is 0 Å². The molecule has 0 aliphatic carbocycles. The van der Waals surface area contributed by atoms with Crippen molar-refractivity contribution in [1.82, 2.24) is 4.98 Å². The summed E-state index contributed by atoms with van der Waals surface area (Å²) in [4.78, 5) is 19.7. The molecule has 31 heavy (non-hydrogen) atoms. The quantitative estimate of drug-likeness (QED) is 0.485. The van der Waals surface area contributed by atoms with E-state index in [2.05, 4.69) is 29.4 Å². The summed E-state index contributed by atoms with van der Waals surface area (Å²) in [6.45, 7) is 8.07. The van der Waals surface area contributed by atoms with Crippen molar-refractivity contribution in [3.8, 4) is 0 Å². The molecular weight excluding hydrogens is 391 g/mol. The lowest BCUT2D eigenvalue weighted by molar-refractivity contribution is -0.117. The molecule has 0 saturated heterocycles. The van der Waals surface area contributed by atoms with Crippen molar-refractivity contribution < 1.29 is 9.18 Å². The number of carbonyl (C=O) groups is 1. The second-order valence-corrected chi connectivity index (χ2v) is 7.34. The van der Waals surface area contributed by atoms with E-state index in [-0.39, 0.29) is 17.6 Å². The van der Waals surface area contributed by atoms with Gasteiger partial charge in [0.1, 0.15) is 11.6 Å². The smallest absolute Gasteiger partial charge is 0.231 e. The molecule has 1 heterocycles. The lowest BCUT2D eigenvalue weighted by Crippen LogP contribution is -2.26. The van der Waals surface area contributed by atoms with Gasteiger partial charge in [-0.25, -0.2) is 9.37 Å². The zero-order valence-electron chi connectivity index (χ0n) is 18.2. The minimum Gasteiger partial charge on any atom is -0.366 e. The van der Waals surface area contributed by atoms with Crippen molar-refractivity contribution in [2.24, 2.45) is 0 Å². The summed E-state index contributed by atoms with van der Waals surface area (Å²) in [5.74, 6) is 0.814. The Labute approximate surface area is 183 Å². The Morgan fingerprint density at radius 3 is 2.32 bits per heavy atom. The minimum absolute atomic E-state index is 0.0755. The molecule has 3 aromatic rings. The number of nitrogens with one attached hydrogen (secondary N) is 2. The highest BCUT2D eigenvalue weighted by Gasteiger charge is 2.19. The standard InChI is InChI=1S/C25H29FN4O/c1-4-30(5-2)24-22(28-25(31)18(3)20-9-7-6-8-10-20)15-16-23(29-24)27-17-19-11-13-21(26)14-12-19/h6-16,18H,4-5,17H2,1-3H3,(H,27,29)(H,28,31)/t18-/m0/s1. The maximum absolute atomic E-state index is 13.1. The SMILES string of the molecule is CCN(CC)c1nc(NCc2ccc(F)cc2)ccc1NC(=O)[C@@H](C)c1ccccc1. The van der Waals surface area contributed by atoms with Crippen molar-refractivity contribution in [3.05, 3.63) is 83.7 Å². The van der Waals surface area contributed by atoms with E-state index in [9.17, 15) is 9.18 Å². The summed E-state index contributed by atoms with van der Waals surface area (Å²) < 4.78 is 13.1. The zero-order valence-corrected chi connectivity index (χ0v) is 18.2. The van der Waals surface area contributed by atoms with E-state index < -0.39 is 0 Å². The van der Waals surface area contributed by atoms with Gasteiger partial charge < -0.3 is 15.5 Å². The fraction of sp³-hybridized carbons (Fsp3) is 0.280. The van der Waals surface area contributed by atoms with Crippen LogP contribution < -0.4 is 15.5 Å². The second-order valence-electron chi connectivity index (χ2n) is 7.34. The Kier molecular flexibility index (Phi) is 7.60. The minimum atomic E-state index is -0.276. The van der Waals surface area contributed by atoms with Crippen LogP contribution in [-0.2, 0) is 11.3 Å². The highest BCUT2D eigenvalue weighted by molar-refractivity contribution is 5.98. The van der Waals surface area contributed by atoms with Crippen LogP contribution in [0.2, 0.25) is 0 Å². The average molecular weight is 421 g/mol. The summed E-state index contributed by atoms with van der Waals surface area (Å²) in [6, 6.07) is 19.8. The van der Waals surface area contributed by atoms with Crippen molar-refractivity contribution >= 4 is 23.2 Å².